The summed E-state index contributed by atoms with van der Waals surface area (Å²) in [6.07, 6.45) is 6.90. The number of thioether (sulfide) groups is 1. The minimum absolute atomic E-state index is 0.0930. The summed E-state index contributed by atoms with van der Waals surface area (Å²) in [4.78, 5) is 10.1. The van der Waals surface area contributed by atoms with E-state index in [1.807, 2.05) is 6.26 Å². The Morgan fingerprint density at radius 1 is 1.64 bits per heavy atom. The van der Waals surface area contributed by atoms with Gasteiger partial charge in [0.1, 0.15) is 0 Å². The Bertz CT molecular complexity index is 227. The molecule has 0 aliphatic carbocycles. The van der Waals surface area contributed by atoms with E-state index in [4.69, 9.17) is 0 Å². The largest absolute Gasteiger partial charge is 0.385 e. The molecule has 0 bridgehead atoms. The minimum Gasteiger partial charge on any atom is -0.385 e. The molecule has 4 nitrogen and oxygen atoms in total. The quantitative estimate of drug-likeness (QED) is 0.307. The van der Waals surface area contributed by atoms with Gasteiger partial charge in [0.15, 0.2) is 0 Å². The number of rotatable bonds is 7. The van der Waals surface area contributed by atoms with Crippen molar-refractivity contribution in [2.24, 2.45) is 0 Å². The number of nitrogens with zero attached hydrogens (tertiary/aromatic N) is 1. The highest BCUT2D eigenvalue weighted by Gasteiger charge is 2.03. The van der Waals surface area contributed by atoms with E-state index in [2.05, 4.69) is 12.2 Å². The number of nitro groups is 1. The van der Waals surface area contributed by atoms with Crippen LogP contribution in [0.5, 0.6) is 0 Å². The molecule has 0 radical (unpaired) electrons. The van der Waals surface area contributed by atoms with Crippen LogP contribution in [-0.2, 0) is 0 Å². The molecule has 0 aromatic heterocycles. The summed E-state index contributed by atoms with van der Waals surface area (Å²) in [6, 6.07) is 0. The second kappa shape index (κ2) is 8.62. The predicted molar refractivity (Wildman–Crippen MR) is 60.6 cm³/mol. The van der Waals surface area contributed by atoms with Crippen LogP contribution in [0.3, 0.4) is 0 Å². The Labute approximate surface area is 88.6 Å². The van der Waals surface area contributed by atoms with Crippen LogP contribution in [0.1, 0.15) is 19.8 Å². The number of allylic oxidation sites excluding steroid dienone is 1. The molecule has 0 unspecified atom stereocenters. The smallest absolute Gasteiger partial charge is 0.285 e. The molecule has 5 heteroatoms. The van der Waals surface area contributed by atoms with Gasteiger partial charge in [-0.25, -0.2) is 0 Å². The Kier molecular flexibility index (Phi) is 8.02. The van der Waals surface area contributed by atoms with Crippen molar-refractivity contribution in [2.45, 2.75) is 19.8 Å². The molecule has 0 aliphatic heterocycles. The number of hydrogen-bond donors (Lipinski definition) is 1. The van der Waals surface area contributed by atoms with Gasteiger partial charge in [-0.1, -0.05) is 13.3 Å². The van der Waals surface area contributed by atoms with Gasteiger partial charge in [0.25, 0.3) is 5.70 Å². The zero-order chi connectivity index (χ0) is 10.8. The van der Waals surface area contributed by atoms with Gasteiger partial charge < -0.3 is 5.32 Å². The third-order valence-electron chi connectivity index (χ3n) is 1.51. The predicted octanol–water partition coefficient (Wildman–Crippen LogP) is 2.37. The van der Waals surface area contributed by atoms with Gasteiger partial charge in [0.05, 0.1) is 11.1 Å². The van der Waals surface area contributed by atoms with Crippen LogP contribution >= 0.6 is 11.8 Å². The molecule has 0 fully saturated rings. The standard InChI is InChI=1S/C9H16N2O2S/c1-3-4-6-10-8-9(11(12)13)5-7-14-2/h5,7-8,10H,3-4,6H2,1-2H3/b7-5+,9-8-. The van der Waals surface area contributed by atoms with Gasteiger partial charge in [0, 0.05) is 12.6 Å². The summed E-state index contributed by atoms with van der Waals surface area (Å²) in [5.74, 6) is 0. The summed E-state index contributed by atoms with van der Waals surface area (Å²) in [5, 5.41) is 15.1. The van der Waals surface area contributed by atoms with Gasteiger partial charge >= 0.3 is 0 Å². The summed E-state index contributed by atoms with van der Waals surface area (Å²) in [7, 11) is 0. The second-order valence-corrected chi connectivity index (χ2v) is 3.42. The first kappa shape index (κ1) is 13.0. The zero-order valence-electron chi connectivity index (χ0n) is 8.53. The van der Waals surface area contributed by atoms with Crippen molar-refractivity contribution in [3.05, 3.63) is 33.5 Å². The molecule has 0 rings (SSSR count). The molecule has 0 aromatic rings. The van der Waals surface area contributed by atoms with Gasteiger partial charge in [-0.05, 0) is 18.1 Å². The van der Waals surface area contributed by atoms with E-state index in [0.29, 0.717) is 0 Å². The first-order valence-electron chi connectivity index (χ1n) is 4.49. The fourth-order valence-corrected chi connectivity index (χ4v) is 1.03. The molecule has 14 heavy (non-hydrogen) atoms. The Hall–Kier alpha value is -0.970. The highest BCUT2D eigenvalue weighted by Crippen LogP contribution is 2.01. The van der Waals surface area contributed by atoms with E-state index in [1.165, 1.54) is 24.0 Å². The number of unbranched alkanes of at least 4 members (excludes halogenated alkanes) is 1. The molecule has 0 aromatic carbocycles. The van der Waals surface area contributed by atoms with Crippen LogP contribution in [0.2, 0.25) is 0 Å². The minimum atomic E-state index is -0.397. The molecule has 1 N–H and O–H groups in total. The van der Waals surface area contributed by atoms with Crippen LogP contribution in [-0.4, -0.2) is 17.7 Å². The molecule has 0 spiro atoms. The lowest BCUT2D eigenvalue weighted by Crippen LogP contribution is -2.10. The molecular formula is C9H16N2O2S. The first-order valence-corrected chi connectivity index (χ1v) is 5.78. The van der Waals surface area contributed by atoms with Crippen molar-refractivity contribution in [3.63, 3.8) is 0 Å². The van der Waals surface area contributed by atoms with Crippen molar-refractivity contribution < 1.29 is 4.92 Å². The van der Waals surface area contributed by atoms with Crippen LogP contribution in [0.4, 0.5) is 0 Å². The Morgan fingerprint density at radius 3 is 2.86 bits per heavy atom. The van der Waals surface area contributed by atoms with Crippen LogP contribution in [0.25, 0.3) is 0 Å². The number of hydrogen-bond acceptors (Lipinski definition) is 4. The van der Waals surface area contributed by atoms with E-state index >= 15 is 0 Å². The lowest BCUT2D eigenvalue weighted by atomic mass is 10.3. The summed E-state index contributed by atoms with van der Waals surface area (Å²) in [5.41, 5.74) is 0.0930. The van der Waals surface area contributed by atoms with E-state index in [0.717, 1.165) is 19.4 Å². The molecule has 80 valence electrons. The monoisotopic (exact) mass is 216 g/mol. The van der Waals surface area contributed by atoms with Crippen molar-refractivity contribution in [3.8, 4) is 0 Å². The molecule has 0 atom stereocenters. The second-order valence-electron chi connectivity index (χ2n) is 2.67. The van der Waals surface area contributed by atoms with Gasteiger partial charge in [0.2, 0.25) is 0 Å². The number of nitrogens with one attached hydrogen (secondary N) is 1. The van der Waals surface area contributed by atoms with Crippen molar-refractivity contribution in [1.82, 2.24) is 5.32 Å². The summed E-state index contributed by atoms with van der Waals surface area (Å²) < 4.78 is 0. The van der Waals surface area contributed by atoms with E-state index in [1.54, 1.807) is 5.41 Å². The maximum Gasteiger partial charge on any atom is 0.285 e. The summed E-state index contributed by atoms with van der Waals surface area (Å²) >= 11 is 1.44. The SMILES string of the molecule is CCCCN/C=C(/C=C/SC)[N+](=O)[O-]. The van der Waals surface area contributed by atoms with Gasteiger partial charge in [-0.2, -0.15) is 0 Å². The highest BCUT2D eigenvalue weighted by atomic mass is 32.2. The Balaban J connectivity index is 4.06. The highest BCUT2D eigenvalue weighted by molar-refractivity contribution is 8.01. The summed E-state index contributed by atoms with van der Waals surface area (Å²) in [6.45, 7) is 2.86. The average Bonchev–Trinajstić information content (AvgIpc) is 2.16. The van der Waals surface area contributed by atoms with Crippen molar-refractivity contribution in [1.29, 1.82) is 0 Å². The van der Waals surface area contributed by atoms with Crippen molar-refractivity contribution in [2.75, 3.05) is 12.8 Å². The fourth-order valence-electron chi connectivity index (χ4n) is 0.755. The molecule has 0 heterocycles. The maximum atomic E-state index is 10.5. The molecule has 0 saturated carbocycles. The lowest BCUT2D eigenvalue weighted by Gasteiger charge is -1.97. The van der Waals surface area contributed by atoms with Gasteiger partial charge in [-0.3, -0.25) is 10.1 Å². The third kappa shape index (κ3) is 6.54. The molecule has 0 aliphatic rings. The molecular weight excluding hydrogens is 200 g/mol. The molecule has 0 saturated heterocycles. The van der Waals surface area contributed by atoms with Gasteiger partial charge in [-0.15, -0.1) is 11.8 Å². The first-order chi connectivity index (χ1) is 6.72. The van der Waals surface area contributed by atoms with Crippen LogP contribution < -0.4 is 5.32 Å². The van der Waals surface area contributed by atoms with E-state index in [9.17, 15) is 10.1 Å². The third-order valence-corrected chi connectivity index (χ3v) is 1.92. The molecule has 0 amide bonds. The topological polar surface area (TPSA) is 55.2 Å². The van der Waals surface area contributed by atoms with E-state index in [-0.39, 0.29) is 5.70 Å². The van der Waals surface area contributed by atoms with E-state index < -0.39 is 4.92 Å². The van der Waals surface area contributed by atoms with Crippen LogP contribution in [0, 0.1) is 10.1 Å². The fraction of sp³-hybridized carbons (Fsp3) is 0.556. The Morgan fingerprint density at radius 2 is 2.36 bits per heavy atom. The normalized spacial score (nSPS) is 12.0. The van der Waals surface area contributed by atoms with Crippen molar-refractivity contribution >= 4 is 11.8 Å². The maximum absolute atomic E-state index is 10.5. The zero-order valence-corrected chi connectivity index (χ0v) is 9.34. The van der Waals surface area contributed by atoms with Crippen LogP contribution in [0.15, 0.2) is 23.4 Å². The average molecular weight is 216 g/mol. The lowest BCUT2D eigenvalue weighted by molar-refractivity contribution is -0.419.